The van der Waals surface area contributed by atoms with E-state index < -0.39 is 11.5 Å². The average molecular weight is 399 g/mol. The average Bonchev–Trinajstić information content (AvgIpc) is 2.67. The van der Waals surface area contributed by atoms with Gasteiger partial charge in [0.2, 0.25) is 0 Å². The van der Waals surface area contributed by atoms with Gasteiger partial charge in [0.05, 0.1) is 11.4 Å². The molecule has 2 aromatic carbocycles. The molecule has 1 aromatic heterocycles. The van der Waals surface area contributed by atoms with Gasteiger partial charge in [0.15, 0.2) is 0 Å². The van der Waals surface area contributed by atoms with E-state index in [4.69, 9.17) is 0 Å². The standard InChI is InChI=1S/C20H18N2O3S2/c1-12-3-7-14(8-4-12)22-18(13-5-9-15(27-2)10-6-13)21-16(11-26)17(19(22)23)20(24)25/h3-10,26H,11H2,1-2H3,(H,24,25). The Morgan fingerprint density at radius 2 is 1.78 bits per heavy atom. The number of thiol groups is 1. The number of nitrogens with zero attached hydrogens (tertiary/aromatic N) is 2. The number of carboxylic acid groups (broad SMARTS) is 1. The van der Waals surface area contributed by atoms with Crippen LogP contribution in [-0.2, 0) is 5.75 Å². The van der Waals surface area contributed by atoms with Crippen LogP contribution in [0.5, 0.6) is 0 Å². The quantitative estimate of drug-likeness (QED) is 0.501. The molecule has 0 fully saturated rings. The molecule has 3 rings (SSSR count). The van der Waals surface area contributed by atoms with Crippen LogP contribution in [-0.4, -0.2) is 26.9 Å². The summed E-state index contributed by atoms with van der Waals surface area (Å²) in [5.41, 5.74) is 1.52. The predicted octanol–water partition coefficient (Wildman–Crippen LogP) is 4.06. The maximum Gasteiger partial charge on any atom is 0.343 e. The zero-order valence-corrected chi connectivity index (χ0v) is 16.6. The van der Waals surface area contributed by atoms with Crippen LogP contribution in [0.25, 0.3) is 17.1 Å². The Morgan fingerprint density at radius 1 is 1.15 bits per heavy atom. The van der Waals surface area contributed by atoms with E-state index in [9.17, 15) is 14.7 Å². The van der Waals surface area contributed by atoms with Gasteiger partial charge >= 0.3 is 5.97 Å². The van der Waals surface area contributed by atoms with Gasteiger partial charge in [-0.25, -0.2) is 9.78 Å². The van der Waals surface area contributed by atoms with Gasteiger partial charge in [0.1, 0.15) is 11.4 Å². The summed E-state index contributed by atoms with van der Waals surface area (Å²) in [7, 11) is 0. The van der Waals surface area contributed by atoms with Gasteiger partial charge < -0.3 is 5.11 Å². The Labute approximate surface area is 166 Å². The first-order valence-electron chi connectivity index (χ1n) is 8.17. The minimum atomic E-state index is -1.30. The van der Waals surface area contributed by atoms with E-state index in [1.165, 1.54) is 4.57 Å². The van der Waals surface area contributed by atoms with Gasteiger partial charge in [-0.15, -0.1) is 11.8 Å². The van der Waals surface area contributed by atoms with Gasteiger partial charge in [-0.3, -0.25) is 9.36 Å². The lowest BCUT2D eigenvalue weighted by Crippen LogP contribution is -2.30. The van der Waals surface area contributed by atoms with Gasteiger partial charge in [-0.2, -0.15) is 12.6 Å². The third-order valence-corrected chi connectivity index (χ3v) is 5.21. The van der Waals surface area contributed by atoms with Gasteiger partial charge in [-0.05, 0) is 37.4 Å². The monoisotopic (exact) mass is 398 g/mol. The summed E-state index contributed by atoms with van der Waals surface area (Å²) in [6, 6.07) is 14.9. The summed E-state index contributed by atoms with van der Waals surface area (Å²) >= 11 is 5.78. The predicted molar refractivity (Wildman–Crippen MR) is 111 cm³/mol. The van der Waals surface area contributed by atoms with E-state index in [2.05, 4.69) is 17.6 Å². The zero-order valence-electron chi connectivity index (χ0n) is 14.8. The van der Waals surface area contributed by atoms with E-state index >= 15 is 0 Å². The number of aromatic nitrogens is 2. The molecule has 0 aliphatic carbocycles. The van der Waals surface area contributed by atoms with Crippen LogP contribution in [0, 0.1) is 6.92 Å². The third kappa shape index (κ3) is 3.79. The Balaban J connectivity index is 2.36. The highest BCUT2D eigenvalue weighted by molar-refractivity contribution is 7.98. The van der Waals surface area contributed by atoms with Crippen molar-refractivity contribution in [2.24, 2.45) is 0 Å². The SMILES string of the molecule is CSc1ccc(-c2nc(CS)c(C(=O)O)c(=O)n2-c2ccc(C)cc2)cc1. The second kappa shape index (κ2) is 8.02. The van der Waals surface area contributed by atoms with Gasteiger partial charge in [-0.1, -0.05) is 29.8 Å². The lowest BCUT2D eigenvalue weighted by molar-refractivity contribution is 0.0693. The normalized spacial score (nSPS) is 10.8. The summed E-state index contributed by atoms with van der Waals surface area (Å²) in [5.74, 6) is -0.853. The zero-order chi connectivity index (χ0) is 19.6. The lowest BCUT2D eigenvalue weighted by atomic mass is 10.1. The molecule has 1 N–H and O–H groups in total. The van der Waals surface area contributed by atoms with E-state index in [0.29, 0.717) is 11.5 Å². The van der Waals surface area contributed by atoms with Gasteiger partial charge in [0, 0.05) is 16.2 Å². The van der Waals surface area contributed by atoms with Crippen LogP contribution in [0.1, 0.15) is 21.6 Å². The summed E-state index contributed by atoms with van der Waals surface area (Å²) < 4.78 is 1.35. The highest BCUT2D eigenvalue weighted by atomic mass is 32.2. The van der Waals surface area contributed by atoms with Crippen LogP contribution < -0.4 is 5.56 Å². The maximum atomic E-state index is 13.1. The largest absolute Gasteiger partial charge is 0.477 e. The van der Waals surface area contributed by atoms with Crippen molar-refractivity contribution in [2.75, 3.05) is 6.26 Å². The number of rotatable bonds is 5. The highest BCUT2D eigenvalue weighted by Gasteiger charge is 2.22. The Morgan fingerprint density at radius 3 is 2.30 bits per heavy atom. The second-order valence-corrected chi connectivity index (χ2v) is 7.12. The Hall–Kier alpha value is -2.51. The van der Waals surface area contributed by atoms with Crippen molar-refractivity contribution in [2.45, 2.75) is 17.6 Å². The molecule has 0 unspecified atom stereocenters. The fraction of sp³-hybridized carbons (Fsp3) is 0.150. The maximum absolute atomic E-state index is 13.1. The number of thioether (sulfide) groups is 1. The van der Waals surface area contributed by atoms with Crippen molar-refractivity contribution in [1.29, 1.82) is 0 Å². The molecule has 0 saturated heterocycles. The minimum absolute atomic E-state index is 0.0571. The first-order valence-corrected chi connectivity index (χ1v) is 10.0. The molecular weight excluding hydrogens is 380 g/mol. The summed E-state index contributed by atoms with van der Waals surface area (Å²) in [6.07, 6.45) is 1.98. The number of carbonyl (C=O) groups is 1. The van der Waals surface area contributed by atoms with Crippen molar-refractivity contribution in [3.63, 3.8) is 0 Å². The highest BCUT2D eigenvalue weighted by Crippen LogP contribution is 2.24. The number of benzene rings is 2. The number of aromatic carboxylic acids is 1. The minimum Gasteiger partial charge on any atom is -0.477 e. The molecule has 0 bridgehead atoms. The van der Waals surface area contributed by atoms with Crippen molar-refractivity contribution >= 4 is 30.4 Å². The van der Waals surface area contributed by atoms with Crippen LogP contribution in [0.4, 0.5) is 0 Å². The molecule has 27 heavy (non-hydrogen) atoms. The molecule has 0 spiro atoms. The Kier molecular flexibility index (Phi) is 5.72. The molecule has 0 aliphatic rings. The molecular formula is C20H18N2O3S2. The van der Waals surface area contributed by atoms with Crippen molar-refractivity contribution in [1.82, 2.24) is 9.55 Å². The molecule has 0 saturated carbocycles. The first-order chi connectivity index (χ1) is 13.0. The molecule has 3 aromatic rings. The molecule has 0 amide bonds. The van der Waals surface area contributed by atoms with E-state index in [-0.39, 0.29) is 17.0 Å². The number of carboxylic acids is 1. The number of hydrogen-bond acceptors (Lipinski definition) is 5. The topological polar surface area (TPSA) is 72.2 Å². The molecule has 0 atom stereocenters. The van der Waals surface area contributed by atoms with Crippen molar-refractivity contribution in [3.05, 3.63) is 75.7 Å². The van der Waals surface area contributed by atoms with Crippen LogP contribution >= 0.6 is 24.4 Å². The third-order valence-electron chi connectivity index (χ3n) is 4.16. The van der Waals surface area contributed by atoms with E-state index in [0.717, 1.165) is 16.0 Å². The molecule has 0 aliphatic heterocycles. The van der Waals surface area contributed by atoms with Crippen molar-refractivity contribution < 1.29 is 9.90 Å². The summed E-state index contributed by atoms with van der Waals surface area (Å²) in [4.78, 5) is 30.4. The fourth-order valence-corrected chi connectivity index (χ4v) is 3.40. The molecule has 1 heterocycles. The number of aryl methyl sites for hydroxylation is 1. The molecule has 7 heteroatoms. The lowest BCUT2D eigenvalue weighted by Gasteiger charge is -2.16. The van der Waals surface area contributed by atoms with Crippen molar-refractivity contribution in [3.8, 4) is 17.1 Å². The second-order valence-electron chi connectivity index (χ2n) is 5.92. The summed E-state index contributed by atoms with van der Waals surface area (Å²) in [6.45, 7) is 1.94. The van der Waals surface area contributed by atoms with Crippen LogP contribution in [0.3, 0.4) is 0 Å². The smallest absolute Gasteiger partial charge is 0.343 e. The van der Waals surface area contributed by atoms with Crippen LogP contribution in [0.2, 0.25) is 0 Å². The van der Waals surface area contributed by atoms with E-state index in [1.807, 2.05) is 49.6 Å². The first kappa shape index (κ1) is 19.3. The summed E-state index contributed by atoms with van der Waals surface area (Å²) in [5, 5.41) is 9.53. The van der Waals surface area contributed by atoms with Crippen LogP contribution in [0.15, 0.2) is 58.2 Å². The fourth-order valence-electron chi connectivity index (χ4n) is 2.76. The Bertz CT molecular complexity index is 1040. The van der Waals surface area contributed by atoms with E-state index in [1.54, 1.807) is 23.9 Å². The molecule has 138 valence electrons. The molecule has 5 nitrogen and oxygen atoms in total. The molecule has 0 radical (unpaired) electrons. The van der Waals surface area contributed by atoms with Gasteiger partial charge in [0.25, 0.3) is 5.56 Å². The number of hydrogen-bond donors (Lipinski definition) is 2.